The Morgan fingerprint density at radius 3 is 2.74 bits per heavy atom. The third-order valence-corrected chi connectivity index (χ3v) is 6.88. The van der Waals surface area contributed by atoms with E-state index in [0.29, 0.717) is 18.1 Å². The fraction of sp³-hybridized carbons (Fsp3) is 0.389. The first-order valence-electron chi connectivity index (χ1n) is 8.09. The summed E-state index contributed by atoms with van der Waals surface area (Å²) in [6.45, 7) is 2.09. The van der Waals surface area contributed by atoms with Crippen molar-refractivity contribution in [3.05, 3.63) is 46.8 Å². The second-order valence-electron chi connectivity index (χ2n) is 6.40. The average Bonchev–Trinajstić information content (AvgIpc) is 3.26. The highest BCUT2D eigenvalue weighted by Crippen LogP contribution is 2.34. The molecule has 2 aliphatic heterocycles. The van der Waals surface area contributed by atoms with Crippen LogP contribution in [0.1, 0.15) is 34.5 Å². The van der Waals surface area contributed by atoms with Crippen LogP contribution >= 0.6 is 23.1 Å². The summed E-state index contributed by atoms with van der Waals surface area (Å²) in [7, 11) is 0. The van der Waals surface area contributed by atoms with Gasteiger partial charge in [0.1, 0.15) is 0 Å². The number of carbonyl (C=O) groups excluding carboxylic acids is 1. The normalized spacial score (nSPS) is 25.7. The van der Waals surface area contributed by atoms with E-state index in [1.807, 2.05) is 12.1 Å². The summed E-state index contributed by atoms with van der Waals surface area (Å²) in [6.07, 6.45) is 3.52. The molecule has 120 valence electrons. The number of amides is 1. The van der Waals surface area contributed by atoms with Crippen LogP contribution in [0.25, 0.3) is 0 Å². The van der Waals surface area contributed by atoms with Crippen molar-refractivity contribution in [2.24, 2.45) is 0 Å². The summed E-state index contributed by atoms with van der Waals surface area (Å²) in [5, 5.41) is 6.77. The molecule has 1 aromatic carbocycles. The highest BCUT2D eigenvalue weighted by molar-refractivity contribution is 8.01. The van der Waals surface area contributed by atoms with Crippen LogP contribution in [0.3, 0.4) is 0 Å². The van der Waals surface area contributed by atoms with Crippen LogP contribution in [0.5, 0.6) is 0 Å². The zero-order valence-electron chi connectivity index (χ0n) is 13.0. The van der Waals surface area contributed by atoms with Crippen LogP contribution in [0.15, 0.2) is 45.5 Å². The molecule has 0 aliphatic carbocycles. The Kier molecular flexibility index (Phi) is 4.18. The number of nitrogens with one attached hydrogen (secondary N) is 2. The molecule has 2 saturated heterocycles. The lowest BCUT2D eigenvalue weighted by Crippen LogP contribution is -2.42. The van der Waals surface area contributed by atoms with Crippen molar-refractivity contribution >= 4 is 29.0 Å². The molecule has 2 fully saturated rings. The standard InChI is InChI=1S/C18H20N2OS2/c1-11-2-5-13(6-3-11)22-17-9-8-16(23-17)18(21)20-15-10-12-4-7-14(15)19-12/h2-3,5-6,8-9,12,14-15,19H,4,7,10H2,1H3,(H,20,21). The number of carbonyl (C=O) groups is 1. The molecule has 4 rings (SSSR count). The molecule has 3 heterocycles. The molecule has 2 bridgehead atoms. The Morgan fingerprint density at radius 2 is 2.04 bits per heavy atom. The molecule has 5 heteroatoms. The predicted molar refractivity (Wildman–Crippen MR) is 95.4 cm³/mol. The van der Waals surface area contributed by atoms with Crippen molar-refractivity contribution in [1.82, 2.24) is 10.6 Å². The number of rotatable bonds is 4. The van der Waals surface area contributed by atoms with Gasteiger partial charge in [0.25, 0.3) is 5.91 Å². The second-order valence-corrected chi connectivity index (χ2v) is 8.85. The molecule has 0 saturated carbocycles. The maximum atomic E-state index is 12.4. The van der Waals surface area contributed by atoms with E-state index in [4.69, 9.17) is 0 Å². The highest BCUT2D eigenvalue weighted by atomic mass is 32.2. The summed E-state index contributed by atoms with van der Waals surface area (Å²) in [5.41, 5.74) is 1.26. The molecule has 3 atom stereocenters. The molecule has 3 nitrogen and oxygen atoms in total. The highest BCUT2D eigenvalue weighted by Gasteiger charge is 2.39. The fourth-order valence-electron chi connectivity index (χ4n) is 3.44. The number of hydrogen-bond acceptors (Lipinski definition) is 4. The van der Waals surface area contributed by atoms with E-state index in [1.54, 1.807) is 23.1 Å². The van der Waals surface area contributed by atoms with Gasteiger partial charge in [-0.1, -0.05) is 29.5 Å². The van der Waals surface area contributed by atoms with Crippen LogP contribution in [0.4, 0.5) is 0 Å². The Balaban J connectivity index is 1.39. The molecular formula is C18H20N2OS2. The van der Waals surface area contributed by atoms with Crippen LogP contribution in [0, 0.1) is 6.92 Å². The van der Waals surface area contributed by atoms with Gasteiger partial charge in [-0.25, -0.2) is 0 Å². The minimum atomic E-state index is 0.0742. The third-order valence-electron chi connectivity index (χ3n) is 4.66. The monoisotopic (exact) mass is 344 g/mol. The van der Waals surface area contributed by atoms with Crippen LogP contribution < -0.4 is 10.6 Å². The first kappa shape index (κ1) is 15.2. The van der Waals surface area contributed by atoms with E-state index in [0.717, 1.165) is 15.5 Å². The van der Waals surface area contributed by atoms with Gasteiger partial charge in [0.15, 0.2) is 0 Å². The lowest BCUT2D eigenvalue weighted by atomic mass is 9.95. The van der Waals surface area contributed by atoms with Gasteiger partial charge in [-0.15, -0.1) is 11.3 Å². The molecule has 2 aromatic rings. The molecule has 0 radical (unpaired) electrons. The molecular weight excluding hydrogens is 324 g/mol. The Hall–Kier alpha value is -1.30. The van der Waals surface area contributed by atoms with Gasteiger partial charge in [0.2, 0.25) is 0 Å². The maximum Gasteiger partial charge on any atom is 0.261 e. The molecule has 1 amide bonds. The second kappa shape index (κ2) is 6.30. The largest absolute Gasteiger partial charge is 0.347 e. The molecule has 2 N–H and O–H groups in total. The van der Waals surface area contributed by atoms with Crippen molar-refractivity contribution in [3.63, 3.8) is 0 Å². The van der Waals surface area contributed by atoms with E-state index < -0.39 is 0 Å². The first-order valence-corrected chi connectivity index (χ1v) is 9.72. The molecule has 3 unspecified atom stereocenters. The van der Waals surface area contributed by atoms with Crippen molar-refractivity contribution in [2.45, 2.75) is 53.4 Å². The summed E-state index contributed by atoms with van der Waals surface area (Å²) in [4.78, 5) is 14.5. The lowest BCUT2D eigenvalue weighted by Gasteiger charge is -2.20. The SMILES string of the molecule is Cc1ccc(Sc2ccc(C(=O)NC3CC4CCC3N4)s2)cc1. The number of thiophene rings is 1. The van der Waals surface area contributed by atoms with Gasteiger partial charge in [0, 0.05) is 23.0 Å². The van der Waals surface area contributed by atoms with Gasteiger partial charge in [-0.2, -0.15) is 0 Å². The van der Waals surface area contributed by atoms with Crippen molar-refractivity contribution in [1.29, 1.82) is 0 Å². The lowest BCUT2D eigenvalue weighted by molar-refractivity contribution is 0.0935. The Morgan fingerprint density at radius 1 is 1.22 bits per heavy atom. The van der Waals surface area contributed by atoms with E-state index in [-0.39, 0.29) is 5.91 Å². The third kappa shape index (κ3) is 3.32. The number of benzene rings is 1. The molecule has 2 aliphatic rings. The van der Waals surface area contributed by atoms with Gasteiger partial charge < -0.3 is 10.6 Å². The smallest absolute Gasteiger partial charge is 0.261 e. The molecule has 1 aromatic heterocycles. The van der Waals surface area contributed by atoms with E-state index in [1.165, 1.54) is 23.3 Å². The minimum Gasteiger partial charge on any atom is -0.347 e. The van der Waals surface area contributed by atoms with Crippen molar-refractivity contribution < 1.29 is 4.79 Å². The van der Waals surface area contributed by atoms with E-state index in [2.05, 4.69) is 41.8 Å². The van der Waals surface area contributed by atoms with Gasteiger partial charge in [0.05, 0.1) is 9.09 Å². The van der Waals surface area contributed by atoms with Gasteiger partial charge >= 0.3 is 0 Å². The van der Waals surface area contributed by atoms with Crippen LogP contribution in [0.2, 0.25) is 0 Å². The zero-order valence-corrected chi connectivity index (χ0v) is 14.7. The Bertz CT molecular complexity index is 710. The average molecular weight is 345 g/mol. The first-order chi connectivity index (χ1) is 11.2. The summed E-state index contributed by atoms with van der Waals surface area (Å²) in [6, 6.07) is 13.9. The van der Waals surface area contributed by atoms with E-state index >= 15 is 0 Å². The molecule has 0 spiro atoms. The van der Waals surface area contributed by atoms with Crippen LogP contribution in [-0.4, -0.2) is 24.0 Å². The maximum absolute atomic E-state index is 12.4. The number of aryl methyl sites for hydroxylation is 1. The zero-order chi connectivity index (χ0) is 15.8. The molecule has 23 heavy (non-hydrogen) atoms. The van der Waals surface area contributed by atoms with Crippen LogP contribution in [-0.2, 0) is 0 Å². The van der Waals surface area contributed by atoms with Crippen molar-refractivity contribution in [3.8, 4) is 0 Å². The number of fused-ring (bicyclic) bond motifs is 2. The summed E-state index contributed by atoms with van der Waals surface area (Å²) >= 11 is 3.29. The Labute approximate surface area is 144 Å². The minimum absolute atomic E-state index is 0.0742. The quantitative estimate of drug-likeness (QED) is 0.886. The predicted octanol–water partition coefficient (Wildman–Crippen LogP) is 3.83. The van der Waals surface area contributed by atoms with Gasteiger partial charge in [-0.05, 0) is 50.5 Å². The van der Waals surface area contributed by atoms with Gasteiger partial charge in [-0.3, -0.25) is 4.79 Å². The fourth-order valence-corrected chi connectivity index (χ4v) is 5.45. The summed E-state index contributed by atoms with van der Waals surface area (Å²) < 4.78 is 1.16. The summed E-state index contributed by atoms with van der Waals surface area (Å²) in [5.74, 6) is 0.0742. The number of hydrogen-bond donors (Lipinski definition) is 2. The topological polar surface area (TPSA) is 41.1 Å². The van der Waals surface area contributed by atoms with Crippen molar-refractivity contribution in [2.75, 3.05) is 0 Å². The van der Waals surface area contributed by atoms with E-state index in [9.17, 15) is 4.79 Å².